The van der Waals surface area contributed by atoms with E-state index in [1.54, 1.807) is 11.0 Å². The lowest BCUT2D eigenvalue weighted by atomic mass is 9.88. The number of non-ortho nitro benzene ring substituents is 1. The van der Waals surface area contributed by atoms with Crippen LogP contribution in [-0.2, 0) is 4.79 Å². The van der Waals surface area contributed by atoms with E-state index in [0.29, 0.717) is 24.6 Å². The fraction of sp³-hybridized carbons (Fsp3) is 0.533. The van der Waals surface area contributed by atoms with E-state index in [9.17, 15) is 20.0 Å². The molecule has 114 valence electrons. The Balaban J connectivity index is 2.37. The molecule has 2 atom stereocenters. The number of hydrogen-bond acceptors (Lipinski definition) is 4. The number of nitro benzene ring substituents is 1. The Labute approximate surface area is 123 Å². The summed E-state index contributed by atoms with van der Waals surface area (Å²) in [5.41, 5.74) is 1.52. The highest BCUT2D eigenvalue weighted by atomic mass is 16.6. The predicted octanol–water partition coefficient (Wildman–Crippen LogP) is 2.98. The summed E-state index contributed by atoms with van der Waals surface area (Å²) in [4.78, 5) is 23.8. The molecule has 0 radical (unpaired) electrons. The Bertz CT molecular complexity index is 559. The van der Waals surface area contributed by atoms with Gasteiger partial charge in [-0.05, 0) is 31.2 Å². The van der Waals surface area contributed by atoms with Crippen molar-refractivity contribution in [2.45, 2.75) is 39.2 Å². The number of nitrogens with zero attached hydrogens (tertiary/aromatic N) is 2. The van der Waals surface area contributed by atoms with Crippen molar-refractivity contribution >= 4 is 17.3 Å². The monoisotopic (exact) mass is 292 g/mol. The third kappa shape index (κ3) is 3.15. The number of aryl methyl sites for hydroxylation is 1. The first-order chi connectivity index (χ1) is 9.93. The second-order valence-corrected chi connectivity index (χ2v) is 5.57. The van der Waals surface area contributed by atoms with Crippen LogP contribution in [0.15, 0.2) is 18.2 Å². The molecule has 2 unspecified atom stereocenters. The summed E-state index contributed by atoms with van der Waals surface area (Å²) < 4.78 is 0. The zero-order chi connectivity index (χ0) is 15.6. The highest BCUT2D eigenvalue weighted by molar-refractivity contribution is 5.79. The number of carboxylic acids is 1. The molecule has 1 aliphatic rings. The highest BCUT2D eigenvalue weighted by Gasteiger charge is 2.34. The Kier molecular flexibility index (Phi) is 4.45. The Hall–Kier alpha value is -2.11. The van der Waals surface area contributed by atoms with E-state index in [2.05, 4.69) is 6.92 Å². The minimum absolute atomic E-state index is 0.00245. The quantitative estimate of drug-likeness (QED) is 0.681. The van der Waals surface area contributed by atoms with Gasteiger partial charge in [0.25, 0.3) is 5.69 Å². The smallest absolute Gasteiger partial charge is 0.326 e. The average Bonchev–Trinajstić information content (AvgIpc) is 2.46. The number of carboxylic acid groups (broad SMARTS) is 1. The molecule has 1 saturated heterocycles. The molecule has 0 amide bonds. The number of rotatable bonds is 4. The summed E-state index contributed by atoms with van der Waals surface area (Å²) >= 11 is 0. The van der Waals surface area contributed by atoms with Crippen molar-refractivity contribution < 1.29 is 14.8 Å². The van der Waals surface area contributed by atoms with Gasteiger partial charge in [-0.1, -0.05) is 19.4 Å². The maximum absolute atomic E-state index is 11.6. The first kappa shape index (κ1) is 15.3. The van der Waals surface area contributed by atoms with Gasteiger partial charge < -0.3 is 10.0 Å². The van der Waals surface area contributed by atoms with Gasteiger partial charge in [-0.25, -0.2) is 4.79 Å². The zero-order valence-electron chi connectivity index (χ0n) is 12.3. The van der Waals surface area contributed by atoms with Crippen LogP contribution in [-0.4, -0.2) is 28.6 Å². The maximum atomic E-state index is 11.6. The van der Waals surface area contributed by atoms with Crippen LogP contribution in [0.4, 0.5) is 11.4 Å². The van der Waals surface area contributed by atoms with E-state index in [0.717, 1.165) is 18.4 Å². The zero-order valence-corrected chi connectivity index (χ0v) is 12.3. The van der Waals surface area contributed by atoms with Crippen molar-refractivity contribution in [1.29, 1.82) is 0 Å². The van der Waals surface area contributed by atoms with Gasteiger partial charge in [0.15, 0.2) is 0 Å². The Morgan fingerprint density at radius 1 is 1.52 bits per heavy atom. The molecule has 21 heavy (non-hydrogen) atoms. The van der Waals surface area contributed by atoms with E-state index in [4.69, 9.17) is 0 Å². The van der Waals surface area contributed by atoms with Crippen LogP contribution in [0.3, 0.4) is 0 Å². The van der Waals surface area contributed by atoms with Crippen LogP contribution in [0.5, 0.6) is 0 Å². The minimum Gasteiger partial charge on any atom is -0.480 e. The van der Waals surface area contributed by atoms with Crippen molar-refractivity contribution in [3.8, 4) is 0 Å². The summed E-state index contributed by atoms with van der Waals surface area (Å²) in [7, 11) is 0. The second-order valence-electron chi connectivity index (χ2n) is 5.57. The van der Waals surface area contributed by atoms with E-state index in [1.807, 2.05) is 6.92 Å². The standard InChI is InChI=1S/C15H20N2O4/c1-3-11-6-7-16(14(8-11)15(18)19)13-9-12(17(20)21)5-4-10(13)2/h4-5,9,11,14H,3,6-8H2,1-2H3,(H,18,19). The molecule has 0 bridgehead atoms. The molecule has 6 nitrogen and oxygen atoms in total. The van der Waals surface area contributed by atoms with Gasteiger partial charge in [0.05, 0.1) is 4.92 Å². The minimum atomic E-state index is -0.862. The molecule has 1 heterocycles. The van der Waals surface area contributed by atoms with E-state index < -0.39 is 16.9 Å². The van der Waals surface area contributed by atoms with Crippen molar-refractivity contribution in [2.24, 2.45) is 5.92 Å². The lowest BCUT2D eigenvalue weighted by molar-refractivity contribution is -0.384. The highest BCUT2D eigenvalue weighted by Crippen LogP contribution is 2.33. The normalized spacial score (nSPS) is 22.1. The van der Waals surface area contributed by atoms with Gasteiger partial charge in [-0.15, -0.1) is 0 Å². The lowest BCUT2D eigenvalue weighted by Crippen LogP contribution is -2.47. The van der Waals surface area contributed by atoms with Gasteiger partial charge in [-0.3, -0.25) is 10.1 Å². The van der Waals surface area contributed by atoms with Crippen molar-refractivity contribution in [3.63, 3.8) is 0 Å². The van der Waals surface area contributed by atoms with Gasteiger partial charge in [-0.2, -0.15) is 0 Å². The number of hydrogen-bond donors (Lipinski definition) is 1. The summed E-state index contributed by atoms with van der Waals surface area (Å²) in [5, 5.41) is 20.4. The molecule has 1 aliphatic heterocycles. The number of piperidine rings is 1. The van der Waals surface area contributed by atoms with Gasteiger partial charge in [0.1, 0.15) is 6.04 Å². The number of carbonyl (C=O) groups is 1. The largest absolute Gasteiger partial charge is 0.480 e. The van der Waals surface area contributed by atoms with E-state index >= 15 is 0 Å². The number of anilines is 1. The fourth-order valence-corrected chi connectivity index (χ4v) is 2.95. The summed E-state index contributed by atoms with van der Waals surface area (Å²) in [6.07, 6.45) is 2.47. The third-order valence-electron chi connectivity index (χ3n) is 4.29. The average molecular weight is 292 g/mol. The molecular formula is C15H20N2O4. The second kappa shape index (κ2) is 6.11. The van der Waals surface area contributed by atoms with Crippen LogP contribution >= 0.6 is 0 Å². The summed E-state index contributed by atoms with van der Waals surface area (Å²) in [6, 6.07) is 4.01. The number of nitro groups is 1. The Morgan fingerprint density at radius 3 is 2.81 bits per heavy atom. The maximum Gasteiger partial charge on any atom is 0.326 e. The molecule has 0 aliphatic carbocycles. The molecule has 0 saturated carbocycles. The molecule has 1 aromatic carbocycles. The topological polar surface area (TPSA) is 83.7 Å². The fourth-order valence-electron chi connectivity index (χ4n) is 2.95. The number of aliphatic carboxylic acids is 1. The van der Waals surface area contributed by atoms with Gasteiger partial charge in [0, 0.05) is 24.4 Å². The van der Waals surface area contributed by atoms with Crippen LogP contribution in [0.2, 0.25) is 0 Å². The third-order valence-corrected chi connectivity index (χ3v) is 4.29. The van der Waals surface area contributed by atoms with Crippen molar-refractivity contribution in [3.05, 3.63) is 33.9 Å². The van der Waals surface area contributed by atoms with E-state index in [1.165, 1.54) is 12.1 Å². The van der Waals surface area contributed by atoms with Gasteiger partial charge in [0.2, 0.25) is 0 Å². The van der Waals surface area contributed by atoms with Crippen molar-refractivity contribution in [2.75, 3.05) is 11.4 Å². The van der Waals surface area contributed by atoms with Crippen LogP contribution < -0.4 is 4.90 Å². The van der Waals surface area contributed by atoms with Crippen LogP contribution in [0.25, 0.3) is 0 Å². The SMILES string of the molecule is CCC1CCN(c2cc([N+](=O)[O-])ccc2C)C(C(=O)O)C1. The Morgan fingerprint density at radius 2 is 2.24 bits per heavy atom. The molecule has 1 aromatic rings. The predicted molar refractivity (Wildman–Crippen MR) is 79.6 cm³/mol. The first-order valence-corrected chi connectivity index (χ1v) is 7.18. The van der Waals surface area contributed by atoms with Crippen molar-refractivity contribution in [1.82, 2.24) is 0 Å². The molecule has 2 rings (SSSR count). The molecule has 0 spiro atoms. The first-order valence-electron chi connectivity index (χ1n) is 7.18. The van der Waals surface area contributed by atoms with Gasteiger partial charge >= 0.3 is 5.97 Å². The number of benzene rings is 1. The van der Waals surface area contributed by atoms with Crippen LogP contribution in [0, 0.1) is 23.0 Å². The van der Waals surface area contributed by atoms with E-state index in [-0.39, 0.29) is 5.69 Å². The summed E-state index contributed by atoms with van der Waals surface area (Å²) in [6.45, 7) is 4.54. The van der Waals surface area contributed by atoms with Crippen LogP contribution in [0.1, 0.15) is 31.7 Å². The molecule has 1 fully saturated rings. The molecule has 0 aromatic heterocycles. The molecular weight excluding hydrogens is 272 g/mol. The summed E-state index contributed by atoms with van der Waals surface area (Å²) in [5.74, 6) is -0.458. The molecule has 6 heteroatoms. The molecule has 1 N–H and O–H groups in total. The lowest BCUT2D eigenvalue weighted by Gasteiger charge is -2.39.